The molecule has 8 aromatic rings. The lowest BCUT2D eigenvalue weighted by Gasteiger charge is -2.13. The maximum Gasteiger partial charge on any atom is 0.127 e. The zero-order chi connectivity index (χ0) is 28.8. The van der Waals surface area contributed by atoms with Crippen molar-refractivity contribution >= 4 is 32.8 Å². The number of aromatic nitrogens is 5. The zero-order valence-electron chi connectivity index (χ0n) is 22.9. The molecule has 0 atom stereocenters. The van der Waals surface area contributed by atoms with E-state index in [4.69, 9.17) is 15.0 Å². The van der Waals surface area contributed by atoms with Crippen LogP contribution in [0.5, 0.6) is 5.75 Å². The molecule has 0 saturated carbocycles. The lowest BCUT2D eigenvalue weighted by Crippen LogP contribution is -1.94. The first-order valence-corrected chi connectivity index (χ1v) is 14.0. The first kappa shape index (κ1) is 24.8. The number of nitrogens with zero attached hydrogens (tertiary/aromatic N) is 5. The SMILES string of the molecule is Oc1cc2nc3ccccc3nc2cc1-c1cc(-c2ccccc2)cc(-c2cccc(-c3nncc4ccccc34)c2)n1. The highest BCUT2D eigenvalue weighted by Crippen LogP contribution is 2.37. The summed E-state index contributed by atoms with van der Waals surface area (Å²) in [7, 11) is 0. The van der Waals surface area contributed by atoms with E-state index < -0.39 is 0 Å². The third-order valence-electron chi connectivity index (χ3n) is 7.67. The Kier molecular flexibility index (Phi) is 5.83. The van der Waals surface area contributed by atoms with E-state index >= 15 is 0 Å². The zero-order valence-corrected chi connectivity index (χ0v) is 22.9. The molecule has 202 valence electrons. The molecule has 0 bridgehead atoms. The normalized spacial score (nSPS) is 11.3. The second kappa shape index (κ2) is 10.1. The van der Waals surface area contributed by atoms with E-state index in [0.29, 0.717) is 22.3 Å². The number of pyridine rings is 1. The lowest BCUT2D eigenvalue weighted by molar-refractivity contribution is 0.478. The minimum Gasteiger partial charge on any atom is -0.507 e. The molecule has 3 heterocycles. The molecule has 8 rings (SSSR count). The fraction of sp³-hybridized carbons (Fsp3) is 0. The van der Waals surface area contributed by atoms with Gasteiger partial charge in [0.15, 0.2) is 0 Å². The molecule has 0 fully saturated rings. The van der Waals surface area contributed by atoms with Gasteiger partial charge in [0.1, 0.15) is 11.4 Å². The average Bonchev–Trinajstić information content (AvgIpc) is 3.07. The van der Waals surface area contributed by atoms with Crippen molar-refractivity contribution in [2.45, 2.75) is 0 Å². The van der Waals surface area contributed by atoms with Crippen molar-refractivity contribution in [2.75, 3.05) is 0 Å². The minimum atomic E-state index is 0.0977. The molecule has 43 heavy (non-hydrogen) atoms. The van der Waals surface area contributed by atoms with Crippen LogP contribution in [0.4, 0.5) is 0 Å². The Morgan fingerprint density at radius 3 is 1.98 bits per heavy atom. The summed E-state index contributed by atoms with van der Waals surface area (Å²) in [5.74, 6) is 0.0977. The molecule has 0 unspecified atom stereocenters. The summed E-state index contributed by atoms with van der Waals surface area (Å²) in [4.78, 5) is 14.6. The molecule has 5 aromatic carbocycles. The van der Waals surface area contributed by atoms with Gasteiger partial charge in [-0.05, 0) is 47.5 Å². The molecule has 1 N–H and O–H groups in total. The maximum absolute atomic E-state index is 11.2. The lowest BCUT2D eigenvalue weighted by atomic mass is 9.97. The molecular formula is C37H23N5O. The third-order valence-corrected chi connectivity index (χ3v) is 7.67. The smallest absolute Gasteiger partial charge is 0.127 e. The predicted octanol–water partition coefficient (Wildman–Crippen LogP) is 8.49. The third kappa shape index (κ3) is 4.51. The Labute approximate surface area is 247 Å². The quantitative estimate of drug-likeness (QED) is 0.220. The summed E-state index contributed by atoms with van der Waals surface area (Å²) in [6.07, 6.45) is 1.78. The number of phenolic OH excluding ortho intramolecular Hbond substituents is 1. The number of hydrogen-bond donors (Lipinski definition) is 1. The molecule has 6 heteroatoms. The Morgan fingerprint density at radius 2 is 1.14 bits per heavy atom. The van der Waals surface area contributed by atoms with E-state index in [1.54, 1.807) is 12.3 Å². The van der Waals surface area contributed by atoms with Gasteiger partial charge in [0.2, 0.25) is 0 Å². The largest absolute Gasteiger partial charge is 0.507 e. The van der Waals surface area contributed by atoms with Gasteiger partial charge in [-0.3, -0.25) is 0 Å². The highest BCUT2D eigenvalue weighted by molar-refractivity contribution is 5.95. The summed E-state index contributed by atoms with van der Waals surface area (Å²) in [6, 6.07) is 41.8. The van der Waals surface area contributed by atoms with Crippen molar-refractivity contribution in [3.8, 4) is 50.6 Å². The second-order valence-electron chi connectivity index (χ2n) is 10.4. The van der Waals surface area contributed by atoms with Gasteiger partial charge >= 0.3 is 0 Å². The topological polar surface area (TPSA) is 84.7 Å². The maximum atomic E-state index is 11.2. The van der Waals surface area contributed by atoms with Crippen LogP contribution in [0.1, 0.15) is 0 Å². The highest BCUT2D eigenvalue weighted by atomic mass is 16.3. The minimum absolute atomic E-state index is 0.0977. The fourth-order valence-corrected chi connectivity index (χ4v) is 5.54. The van der Waals surface area contributed by atoms with Crippen LogP contribution < -0.4 is 0 Å². The number of hydrogen-bond acceptors (Lipinski definition) is 6. The van der Waals surface area contributed by atoms with Crippen LogP contribution in [0.25, 0.3) is 77.7 Å². The van der Waals surface area contributed by atoms with Crippen LogP contribution in [0, 0.1) is 0 Å². The molecule has 0 aliphatic carbocycles. The van der Waals surface area contributed by atoms with Gasteiger partial charge in [0, 0.05) is 33.5 Å². The van der Waals surface area contributed by atoms with Gasteiger partial charge in [-0.25, -0.2) is 15.0 Å². The van der Waals surface area contributed by atoms with Crippen molar-refractivity contribution in [3.05, 3.63) is 134 Å². The fourth-order valence-electron chi connectivity index (χ4n) is 5.54. The van der Waals surface area contributed by atoms with Crippen LogP contribution in [0.2, 0.25) is 0 Å². The number of rotatable bonds is 4. The molecule has 0 spiro atoms. The van der Waals surface area contributed by atoms with Crippen LogP contribution in [-0.2, 0) is 0 Å². The standard InChI is InChI=1S/C37H23N5O/c43-36-21-35-34(39-30-15-6-7-16-31(30)40-35)20-29(36)33-19-27(23-9-2-1-3-10-23)18-32(41-33)24-12-8-13-25(17-24)37-28-14-5-4-11-26(28)22-38-42-37/h1-22,43H. The van der Waals surface area contributed by atoms with Gasteiger partial charge in [-0.2, -0.15) is 5.10 Å². The monoisotopic (exact) mass is 553 g/mol. The van der Waals surface area contributed by atoms with Crippen molar-refractivity contribution < 1.29 is 5.11 Å². The van der Waals surface area contributed by atoms with E-state index in [1.165, 1.54) is 0 Å². The number of aromatic hydroxyl groups is 1. The first-order chi connectivity index (χ1) is 21.2. The Balaban J connectivity index is 1.32. The Bertz CT molecular complexity index is 2310. The van der Waals surface area contributed by atoms with Crippen molar-refractivity contribution in [3.63, 3.8) is 0 Å². The highest BCUT2D eigenvalue weighted by Gasteiger charge is 2.15. The number of para-hydroxylation sites is 2. The molecule has 0 radical (unpaired) electrons. The van der Waals surface area contributed by atoms with Crippen molar-refractivity contribution in [2.24, 2.45) is 0 Å². The average molecular weight is 554 g/mol. The Morgan fingerprint density at radius 1 is 0.465 bits per heavy atom. The van der Waals surface area contributed by atoms with Crippen LogP contribution in [-0.4, -0.2) is 30.3 Å². The van der Waals surface area contributed by atoms with Crippen LogP contribution in [0.15, 0.2) is 134 Å². The van der Waals surface area contributed by atoms with Gasteiger partial charge < -0.3 is 5.11 Å². The van der Waals surface area contributed by atoms with E-state index in [-0.39, 0.29) is 5.75 Å². The Hall–Kier alpha value is -6.01. The predicted molar refractivity (Wildman–Crippen MR) is 171 cm³/mol. The van der Waals surface area contributed by atoms with Crippen LogP contribution in [0.3, 0.4) is 0 Å². The first-order valence-electron chi connectivity index (χ1n) is 14.0. The molecule has 0 saturated heterocycles. The van der Waals surface area contributed by atoms with E-state index in [0.717, 1.165) is 55.4 Å². The van der Waals surface area contributed by atoms with Gasteiger partial charge in [-0.1, -0.05) is 84.9 Å². The molecule has 0 aliphatic heterocycles. The van der Waals surface area contributed by atoms with Crippen LogP contribution >= 0.6 is 0 Å². The number of benzene rings is 5. The summed E-state index contributed by atoms with van der Waals surface area (Å²) < 4.78 is 0. The van der Waals surface area contributed by atoms with Crippen molar-refractivity contribution in [1.82, 2.24) is 25.1 Å². The van der Waals surface area contributed by atoms with E-state index in [9.17, 15) is 5.11 Å². The number of fused-ring (bicyclic) bond motifs is 3. The molecule has 3 aromatic heterocycles. The van der Waals surface area contributed by atoms with Gasteiger partial charge in [0.05, 0.1) is 39.7 Å². The van der Waals surface area contributed by atoms with Crippen molar-refractivity contribution in [1.29, 1.82) is 0 Å². The van der Waals surface area contributed by atoms with E-state index in [2.05, 4.69) is 40.5 Å². The summed E-state index contributed by atoms with van der Waals surface area (Å²) in [5.41, 5.74) is 9.63. The summed E-state index contributed by atoms with van der Waals surface area (Å²) in [6.45, 7) is 0. The van der Waals surface area contributed by atoms with Gasteiger partial charge in [-0.15, -0.1) is 5.10 Å². The van der Waals surface area contributed by atoms with Gasteiger partial charge in [0.25, 0.3) is 0 Å². The second-order valence-corrected chi connectivity index (χ2v) is 10.4. The summed E-state index contributed by atoms with van der Waals surface area (Å²) >= 11 is 0. The number of phenols is 1. The van der Waals surface area contributed by atoms with E-state index in [1.807, 2.05) is 91.0 Å². The molecular weight excluding hydrogens is 530 g/mol. The summed E-state index contributed by atoms with van der Waals surface area (Å²) in [5, 5.41) is 22.0. The molecule has 6 nitrogen and oxygen atoms in total. The molecule has 0 aliphatic rings. The molecule has 0 amide bonds.